The van der Waals surface area contributed by atoms with Crippen LogP contribution < -0.4 is 0 Å². The van der Waals surface area contributed by atoms with Gasteiger partial charge in [-0.2, -0.15) is 0 Å². The first-order valence-corrected chi connectivity index (χ1v) is 9.30. The topological polar surface area (TPSA) is 53.5 Å². The van der Waals surface area contributed by atoms with Crippen molar-refractivity contribution in [3.63, 3.8) is 0 Å². The summed E-state index contributed by atoms with van der Waals surface area (Å²) in [6, 6.07) is 11.8. The molecule has 0 N–H and O–H groups in total. The smallest absolute Gasteiger partial charge is 0.254 e. The first-order chi connectivity index (χ1) is 12.7. The van der Waals surface area contributed by atoms with E-state index in [0.717, 1.165) is 42.5 Å². The number of aromatic nitrogens is 1. The van der Waals surface area contributed by atoms with Crippen LogP contribution in [-0.4, -0.2) is 39.7 Å². The molecule has 3 heterocycles. The highest BCUT2D eigenvalue weighted by atomic mass is 16.2. The number of fused-ring (bicyclic) bond motifs is 1. The molecule has 0 unspecified atom stereocenters. The number of carbonyl (C=O) groups is 2. The molecule has 4 rings (SSSR count). The molecular weight excluding hydrogens is 326 g/mol. The number of rotatable bonds is 4. The van der Waals surface area contributed by atoms with E-state index in [9.17, 15) is 9.59 Å². The quantitative estimate of drug-likeness (QED) is 0.852. The summed E-state index contributed by atoms with van der Waals surface area (Å²) in [6.45, 7) is 1.86. The van der Waals surface area contributed by atoms with Gasteiger partial charge in [0, 0.05) is 44.0 Å². The first-order valence-electron chi connectivity index (χ1n) is 9.30. The standard InChI is InChI=1S/C21H23N3O2/c25-20(10-13-23-15-17-6-1-2-8-18(17)21(23)26)24-12-4-3-9-19(24)16-7-5-11-22-14-16/h1-2,5-8,11,14,19H,3-4,9-10,12-13,15H2/t19-/m1/s1. The Morgan fingerprint density at radius 2 is 2.04 bits per heavy atom. The monoisotopic (exact) mass is 349 g/mol. The molecule has 26 heavy (non-hydrogen) atoms. The Balaban J connectivity index is 1.41. The van der Waals surface area contributed by atoms with Crippen molar-refractivity contribution in [2.75, 3.05) is 13.1 Å². The van der Waals surface area contributed by atoms with Gasteiger partial charge in [-0.1, -0.05) is 24.3 Å². The number of carbonyl (C=O) groups excluding carboxylic acids is 2. The maximum absolute atomic E-state index is 12.9. The maximum Gasteiger partial charge on any atom is 0.254 e. The third kappa shape index (κ3) is 3.21. The lowest BCUT2D eigenvalue weighted by Gasteiger charge is -2.36. The number of hydrogen-bond donors (Lipinski definition) is 0. The molecule has 1 saturated heterocycles. The van der Waals surface area contributed by atoms with E-state index < -0.39 is 0 Å². The van der Waals surface area contributed by atoms with Crippen LogP contribution in [0, 0.1) is 0 Å². The number of benzene rings is 1. The molecule has 1 atom stereocenters. The molecule has 134 valence electrons. The molecule has 0 bridgehead atoms. The number of pyridine rings is 1. The third-order valence-electron chi connectivity index (χ3n) is 5.38. The van der Waals surface area contributed by atoms with E-state index in [1.165, 1.54) is 0 Å². The molecule has 0 saturated carbocycles. The van der Waals surface area contributed by atoms with Gasteiger partial charge < -0.3 is 9.80 Å². The van der Waals surface area contributed by atoms with Gasteiger partial charge in [0.1, 0.15) is 0 Å². The molecule has 2 aliphatic rings. The third-order valence-corrected chi connectivity index (χ3v) is 5.38. The Labute approximate surface area is 153 Å². The number of likely N-dealkylation sites (tertiary alicyclic amines) is 1. The fourth-order valence-electron chi connectivity index (χ4n) is 4.02. The molecule has 2 amide bonds. The summed E-state index contributed by atoms with van der Waals surface area (Å²) in [6.07, 6.45) is 7.13. The second kappa shape index (κ2) is 7.28. The van der Waals surface area contributed by atoms with Crippen molar-refractivity contribution in [1.29, 1.82) is 0 Å². The van der Waals surface area contributed by atoms with E-state index >= 15 is 0 Å². The van der Waals surface area contributed by atoms with Crippen molar-refractivity contribution in [3.05, 3.63) is 65.5 Å². The average molecular weight is 349 g/mol. The Hall–Kier alpha value is -2.69. The summed E-state index contributed by atoms with van der Waals surface area (Å²) >= 11 is 0. The van der Waals surface area contributed by atoms with Crippen molar-refractivity contribution in [2.45, 2.75) is 38.3 Å². The van der Waals surface area contributed by atoms with E-state index in [-0.39, 0.29) is 17.9 Å². The van der Waals surface area contributed by atoms with Crippen molar-refractivity contribution >= 4 is 11.8 Å². The van der Waals surface area contributed by atoms with Crippen LogP contribution in [-0.2, 0) is 11.3 Å². The number of piperidine rings is 1. The molecule has 0 spiro atoms. The minimum atomic E-state index is 0.0378. The molecule has 2 aliphatic heterocycles. The number of hydrogen-bond acceptors (Lipinski definition) is 3. The Morgan fingerprint density at radius 1 is 1.15 bits per heavy atom. The van der Waals surface area contributed by atoms with Crippen LogP contribution in [0.5, 0.6) is 0 Å². The molecule has 1 aromatic heterocycles. The highest BCUT2D eigenvalue weighted by molar-refractivity contribution is 5.98. The lowest BCUT2D eigenvalue weighted by atomic mass is 9.96. The van der Waals surface area contributed by atoms with Crippen LogP contribution in [0.2, 0.25) is 0 Å². The van der Waals surface area contributed by atoms with Gasteiger partial charge in [-0.3, -0.25) is 14.6 Å². The van der Waals surface area contributed by atoms with Crippen molar-refractivity contribution < 1.29 is 9.59 Å². The number of amides is 2. The molecule has 1 aromatic carbocycles. The van der Waals surface area contributed by atoms with Gasteiger partial charge in [0.15, 0.2) is 0 Å². The number of nitrogens with zero attached hydrogens (tertiary/aromatic N) is 3. The predicted molar refractivity (Wildman–Crippen MR) is 98.3 cm³/mol. The normalized spacial score (nSPS) is 19.5. The Morgan fingerprint density at radius 3 is 2.85 bits per heavy atom. The lowest BCUT2D eigenvalue weighted by molar-refractivity contribution is -0.135. The van der Waals surface area contributed by atoms with Gasteiger partial charge in [-0.05, 0) is 42.5 Å². The fourth-order valence-corrected chi connectivity index (χ4v) is 4.02. The van der Waals surface area contributed by atoms with E-state index in [0.29, 0.717) is 19.5 Å². The molecule has 0 aliphatic carbocycles. The second-order valence-corrected chi connectivity index (χ2v) is 7.02. The summed E-state index contributed by atoms with van der Waals surface area (Å²) in [5, 5.41) is 0. The Kier molecular flexibility index (Phi) is 4.69. The summed E-state index contributed by atoms with van der Waals surface area (Å²) in [5.74, 6) is 0.165. The maximum atomic E-state index is 12.9. The van der Waals surface area contributed by atoms with Gasteiger partial charge in [-0.25, -0.2) is 0 Å². The molecule has 5 nitrogen and oxygen atoms in total. The van der Waals surface area contributed by atoms with Gasteiger partial charge >= 0.3 is 0 Å². The van der Waals surface area contributed by atoms with Crippen molar-refractivity contribution in [1.82, 2.24) is 14.8 Å². The molecule has 1 fully saturated rings. The zero-order valence-electron chi connectivity index (χ0n) is 14.8. The van der Waals surface area contributed by atoms with Crippen LogP contribution in [0.15, 0.2) is 48.8 Å². The highest BCUT2D eigenvalue weighted by Gasteiger charge is 2.30. The zero-order valence-corrected chi connectivity index (χ0v) is 14.8. The molecule has 5 heteroatoms. The van der Waals surface area contributed by atoms with E-state index in [1.807, 2.05) is 47.5 Å². The van der Waals surface area contributed by atoms with Crippen molar-refractivity contribution in [3.8, 4) is 0 Å². The fraction of sp³-hybridized carbons (Fsp3) is 0.381. The van der Waals surface area contributed by atoms with Crippen LogP contribution in [0.25, 0.3) is 0 Å². The van der Waals surface area contributed by atoms with Crippen LogP contribution in [0.4, 0.5) is 0 Å². The van der Waals surface area contributed by atoms with Crippen LogP contribution in [0.3, 0.4) is 0 Å². The first kappa shape index (κ1) is 16.8. The molecule has 0 radical (unpaired) electrons. The van der Waals surface area contributed by atoms with Crippen molar-refractivity contribution in [2.24, 2.45) is 0 Å². The van der Waals surface area contributed by atoms with E-state index in [4.69, 9.17) is 0 Å². The highest BCUT2D eigenvalue weighted by Crippen LogP contribution is 2.31. The van der Waals surface area contributed by atoms with Crippen LogP contribution in [0.1, 0.15) is 53.2 Å². The van der Waals surface area contributed by atoms with Crippen LogP contribution >= 0.6 is 0 Å². The largest absolute Gasteiger partial charge is 0.336 e. The molecular formula is C21H23N3O2. The predicted octanol–water partition coefficient (Wildman–Crippen LogP) is 3.18. The summed E-state index contributed by atoms with van der Waals surface area (Å²) < 4.78 is 0. The second-order valence-electron chi connectivity index (χ2n) is 7.02. The SMILES string of the molecule is O=C1c2ccccc2CN1CCC(=O)N1CCCC[C@@H]1c1cccnc1. The Bertz CT molecular complexity index is 806. The van der Waals surface area contributed by atoms with Gasteiger partial charge in [0.25, 0.3) is 5.91 Å². The minimum Gasteiger partial charge on any atom is -0.336 e. The van der Waals surface area contributed by atoms with Gasteiger partial charge in [0.2, 0.25) is 5.91 Å². The summed E-state index contributed by atoms with van der Waals surface area (Å²) in [7, 11) is 0. The summed E-state index contributed by atoms with van der Waals surface area (Å²) in [5.41, 5.74) is 2.92. The molecule has 2 aromatic rings. The minimum absolute atomic E-state index is 0.0378. The van der Waals surface area contributed by atoms with Gasteiger partial charge in [0.05, 0.1) is 6.04 Å². The zero-order chi connectivity index (χ0) is 17.9. The van der Waals surface area contributed by atoms with E-state index in [2.05, 4.69) is 4.98 Å². The van der Waals surface area contributed by atoms with E-state index in [1.54, 1.807) is 11.1 Å². The average Bonchev–Trinajstić information content (AvgIpc) is 3.03. The van der Waals surface area contributed by atoms with Gasteiger partial charge in [-0.15, -0.1) is 0 Å². The summed E-state index contributed by atoms with van der Waals surface area (Å²) in [4.78, 5) is 33.3. The lowest BCUT2D eigenvalue weighted by Crippen LogP contribution is -2.40.